The molecule has 0 bridgehead atoms. The number of benzene rings is 1. The van der Waals surface area contributed by atoms with E-state index in [4.69, 9.17) is 22.9 Å². The van der Waals surface area contributed by atoms with Crippen LogP contribution in [0.2, 0.25) is 0 Å². The predicted octanol–water partition coefficient (Wildman–Crippen LogP) is 3.81. The van der Waals surface area contributed by atoms with Crippen molar-refractivity contribution in [1.29, 1.82) is 0 Å². The highest BCUT2D eigenvalue weighted by molar-refractivity contribution is 5.76. The van der Waals surface area contributed by atoms with E-state index in [1.165, 1.54) is 0 Å². The molecule has 2 saturated carbocycles. The Balaban J connectivity index is 1.55. The van der Waals surface area contributed by atoms with E-state index in [0.717, 1.165) is 60.8 Å². The molecule has 1 aromatic heterocycles. The largest absolute Gasteiger partial charge is 0.462 e. The molecule has 4 aliphatic rings. The Kier molecular flexibility index (Phi) is 3.10. The van der Waals surface area contributed by atoms with Gasteiger partial charge in [0.1, 0.15) is 12.1 Å². The maximum absolute atomic E-state index is 8.98. The lowest BCUT2D eigenvalue weighted by molar-refractivity contribution is -0.0621. The van der Waals surface area contributed by atoms with E-state index in [1.807, 2.05) is 18.3 Å². The molecule has 5 heteroatoms. The average molecular weight is 392 g/mol. The first-order valence-electron chi connectivity index (χ1n) is 11.5. The minimum Gasteiger partial charge on any atom is -0.462 e. The van der Waals surface area contributed by atoms with Gasteiger partial charge < -0.3 is 15.2 Å². The lowest BCUT2D eigenvalue weighted by Crippen LogP contribution is -2.50. The molecule has 6 rings (SSSR count). The summed E-state index contributed by atoms with van der Waals surface area (Å²) in [6, 6.07) is 10.2. The molecule has 2 fully saturated rings. The first kappa shape index (κ1) is 15.4. The maximum Gasteiger partial charge on any atom is 0.283 e. The Bertz CT molecular complexity index is 1090. The van der Waals surface area contributed by atoms with Crippen molar-refractivity contribution in [3.8, 4) is 11.1 Å². The van der Waals surface area contributed by atoms with Crippen molar-refractivity contribution in [3.05, 3.63) is 53.9 Å². The van der Waals surface area contributed by atoms with E-state index >= 15 is 0 Å². The molecule has 3 spiro atoms. The minimum atomic E-state index is -2.01. The molecular weight excluding hydrogens is 362 g/mol. The third-order valence-corrected chi connectivity index (χ3v) is 7.81. The van der Waals surface area contributed by atoms with Gasteiger partial charge in [0.2, 0.25) is 0 Å². The van der Waals surface area contributed by atoms with E-state index in [0.29, 0.717) is 0 Å². The van der Waals surface area contributed by atoms with Gasteiger partial charge in [0.05, 0.1) is 8.85 Å². The van der Waals surface area contributed by atoms with Gasteiger partial charge in [0, 0.05) is 24.9 Å². The van der Waals surface area contributed by atoms with E-state index in [9.17, 15) is 0 Å². The van der Waals surface area contributed by atoms with Crippen LogP contribution in [0.25, 0.3) is 11.1 Å². The van der Waals surface area contributed by atoms with Crippen molar-refractivity contribution in [1.82, 2.24) is 4.98 Å². The summed E-state index contributed by atoms with van der Waals surface area (Å²) < 4.78 is 29.4. The number of hydrogen-bond donors (Lipinski definition) is 1. The number of aromatic nitrogens is 1. The molecule has 0 amide bonds. The topological polar surface area (TPSA) is 69.7 Å². The van der Waals surface area contributed by atoms with Gasteiger partial charge in [0.25, 0.3) is 6.02 Å². The SMILES string of the molecule is [2H]C1([2H])OC(N)=NC12c1cc(-c3cccnc3)ccc1C[C@]21CC[C@@H](OC)C2(CC2)C1. The summed E-state index contributed by atoms with van der Waals surface area (Å²) >= 11 is 0. The van der Waals surface area contributed by atoms with Crippen LogP contribution in [0.4, 0.5) is 0 Å². The summed E-state index contributed by atoms with van der Waals surface area (Å²) in [7, 11) is 1.80. The second-order valence-corrected chi connectivity index (χ2v) is 9.24. The molecule has 1 aromatic carbocycles. The number of fused-ring (bicyclic) bond motifs is 3. The van der Waals surface area contributed by atoms with Gasteiger partial charge in [-0.05, 0) is 78.3 Å². The van der Waals surface area contributed by atoms with E-state index in [-0.39, 0.29) is 23.0 Å². The van der Waals surface area contributed by atoms with Crippen LogP contribution >= 0.6 is 0 Å². The number of amidine groups is 1. The van der Waals surface area contributed by atoms with Crippen LogP contribution in [0.15, 0.2) is 47.7 Å². The number of pyridine rings is 1. The third kappa shape index (κ3) is 2.31. The monoisotopic (exact) mass is 391 g/mol. The van der Waals surface area contributed by atoms with Crippen molar-refractivity contribution in [2.45, 2.75) is 50.2 Å². The number of nitrogens with two attached hydrogens (primary N) is 1. The van der Waals surface area contributed by atoms with Gasteiger partial charge in [0.15, 0.2) is 0 Å². The third-order valence-electron chi connectivity index (χ3n) is 7.81. The van der Waals surface area contributed by atoms with Gasteiger partial charge in [-0.1, -0.05) is 18.2 Å². The fourth-order valence-electron chi connectivity index (χ4n) is 6.31. The zero-order valence-corrected chi connectivity index (χ0v) is 16.6. The van der Waals surface area contributed by atoms with Crippen LogP contribution in [0.3, 0.4) is 0 Å². The number of nitrogens with zero attached hydrogens (tertiary/aromatic N) is 2. The first-order chi connectivity index (χ1) is 14.8. The van der Waals surface area contributed by atoms with Gasteiger partial charge in [-0.2, -0.15) is 0 Å². The number of methoxy groups -OCH3 is 1. The van der Waals surface area contributed by atoms with Crippen molar-refractivity contribution in [3.63, 3.8) is 0 Å². The zero-order chi connectivity index (χ0) is 21.5. The molecule has 2 N–H and O–H groups in total. The van der Waals surface area contributed by atoms with Crippen molar-refractivity contribution in [2.24, 2.45) is 21.6 Å². The van der Waals surface area contributed by atoms with Crippen LogP contribution in [-0.2, 0) is 21.4 Å². The van der Waals surface area contributed by atoms with Gasteiger partial charge in [-0.25, -0.2) is 4.99 Å². The highest BCUT2D eigenvalue weighted by atomic mass is 16.5. The molecule has 29 heavy (non-hydrogen) atoms. The van der Waals surface area contributed by atoms with Gasteiger partial charge in [-0.15, -0.1) is 0 Å². The number of hydrogen-bond acceptors (Lipinski definition) is 5. The molecule has 150 valence electrons. The molecule has 0 saturated heterocycles. The molecule has 3 atom stereocenters. The fraction of sp³-hybridized carbons (Fsp3) is 0.500. The highest BCUT2D eigenvalue weighted by Crippen LogP contribution is 2.70. The Morgan fingerprint density at radius 1 is 1.24 bits per heavy atom. The molecule has 0 radical (unpaired) electrons. The number of aliphatic imine (C=N–C) groups is 1. The molecule has 1 unspecified atom stereocenters. The van der Waals surface area contributed by atoms with Crippen LogP contribution < -0.4 is 5.73 Å². The summed E-state index contributed by atoms with van der Waals surface area (Å²) in [5, 5.41) is 0. The van der Waals surface area contributed by atoms with E-state index in [2.05, 4.69) is 23.2 Å². The Morgan fingerprint density at radius 2 is 2.14 bits per heavy atom. The maximum atomic E-state index is 8.98. The second kappa shape index (κ2) is 5.82. The molecule has 2 heterocycles. The quantitative estimate of drug-likeness (QED) is 0.845. The average Bonchev–Trinajstić information content (AvgIpc) is 3.38. The standard InChI is InChI=1S/C24H27N3O2/c1-28-20-6-7-23(14-22(20)8-9-22)12-17-5-4-16(18-3-2-10-26-13-18)11-19(17)24(23)15-29-21(25)27-24/h2-5,10-11,13,20H,6-9,12,14-15H2,1H3,(H2,25,27)/t20-,23+,24?/m1/s1/i15D2. The zero-order valence-electron chi connectivity index (χ0n) is 18.6. The Hall–Kier alpha value is -2.40. The van der Waals surface area contributed by atoms with Gasteiger partial charge >= 0.3 is 0 Å². The summed E-state index contributed by atoms with van der Waals surface area (Å²) in [5.41, 5.74) is 8.71. The lowest BCUT2D eigenvalue weighted by Gasteiger charge is -2.49. The van der Waals surface area contributed by atoms with Crippen LogP contribution in [-0.4, -0.2) is 30.8 Å². The Labute approximate surface area is 174 Å². The summed E-state index contributed by atoms with van der Waals surface area (Å²) in [6.07, 6.45) is 9.50. The second-order valence-electron chi connectivity index (χ2n) is 9.24. The highest BCUT2D eigenvalue weighted by Gasteiger charge is 2.67. The Morgan fingerprint density at radius 3 is 2.83 bits per heavy atom. The van der Waals surface area contributed by atoms with Crippen molar-refractivity contribution in [2.75, 3.05) is 13.7 Å². The van der Waals surface area contributed by atoms with E-state index in [1.54, 1.807) is 13.3 Å². The molecule has 2 aromatic rings. The van der Waals surface area contributed by atoms with Crippen LogP contribution in [0.1, 0.15) is 46.0 Å². The van der Waals surface area contributed by atoms with E-state index < -0.39 is 12.1 Å². The molecule has 5 nitrogen and oxygen atoms in total. The van der Waals surface area contributed by atoms with Crippen molar-refractivity contribution < 1.29 is 12.2 Å². The van der Waals surface area contributed by atoms with Crippen molar-refractivity contribution >= 4 is 6.02 Å². The summed E-state index contributed by atoms with van der Waals surface area (Å²) in [4.78, 5) is 9.06. The van der Waals surface area contributed by atoms with Crippen LogP contribution in [0, 0.1) is 10.8 Å². The number of rotatable bonds is 2. The van der Waals surface area contributed by atoms with Crippen LogP contribution in [0.5, 0.6) is 0 Å². The normalized spacial score (nSPS) is 36.4. The summed E-state index contributed by atoms with van der Waals surface area (Å²) in [5.74, 6) is 0. The fourth-order valence-corrected chi connectivity index (χ4v) is 6.31. The minimum absolute atomic E-state index is 0.0530. The smallest absolute Gasteiger partial charge is 0.283 e. The number of ether oxygens (including phenoxy) is 2. The molecular formula is C24H27N3O2. The predicted molar refractivity (Wildman–Crippen MR) is 111 cm³/mol. The molecule has 3 aliphatic carbocycles. The summed E-state index contributed by atoms with van der Waals surface area (Å²) in [6.45, 7) is -2.01. The first-order valence-corrected chi connectivity index (χ1v) is 10.5. The molecule has 1 aliphatic heterocycles. The van der Waals surface area contributed by atoms with Gasteiger partial charge in [-0.3, -0.25) is 4.98 Å². The lowest BCUT2D eigenvalue weighted by atomic mass is 9.58.